The summed E-state index contributed by atoms with van der Waals surface area (Å²) < 4.78 is 0. The Kier molecular flexibility index (Phi) is 10.4. The maximum absolute atomic E-state index is 13.0. The number of rotatable bonds is 11. The molecule has 0 saturated heterocycles. The predicted molar refractivity (Wildman–Crippen MR) is 150 cm³/mol. The number of hydrogen-bond acceptors (Lipinski definition) is 6. The number of carbonyl (C=O) groups is 2. The van der Waals surface area contributed by atoms with Crippen molar-refractivity contribution < 1.29 is 9.59 Å². The molecule has 1 aliphatic rings. The Morgan fingerprint density at radius 1 is 1.00 bits per heavy atom. The van der Waals surface area contributed by atoms with Gasteiger partial charge >= 0.3 is 0 Å². The van der Waals surface area contributed by atoms with Crippen LogP contribution >= 0.6 is 0 Å². The Balaban J connectivity index is 1.62. The van der Waals surface area contributed by atoms with Gasteiger partial charge in [0.1, 0.15) is 21.2 Å². The van der Waals surface area contributed by atoms with E-state index in [1.807, 2.05) is 60.7 Å². The second-order valence-electron chi connectivity index (χ2n) is 9.95. The molecule has 0 spiro atoms. The molecule has 2 atom stereocenters. The van der Waals surface area contributed by atoms with Crippen LogP contribution in [0.5, 0.6) is 0 Å². The molecule has 1 heterocycles. The van der Waals surface area contributed by atoms with E-state index in [0.29, 0.717) is 18.5 Å². The van der Waals surface area contributed by atoms with Gasteiger partial charge in [0.05, 0.1) is 17.8 Å². The molecule has 1 aliphatic heterocycles. The highest BCUT2D eigenvalue weighted by atomic mass is 28.3. The topological polar surface area (TPSA) is 134 Å². The van der Waals surface area contributed by atoms with Gasteiger partial charge in [0.25, 0.3) is 0 Å². The molecule has 0 aliphatic carbocycles. The number of carbonyl (C=O) groups excluding carboxylic acids is 2. The predicted octanol–water partition coefficient (Wildman–Crippen LogP) is 2.80. The van der Waals surface area contributed by atoms with Crippen LogP contribution in [0.1, 0.15) is 11.1 Å². The van der Waals surface area contributed by atoms with Crippen LogP contribution in [0.3, 0.4) is 0 Å². The van der Waals surface area contributed by atoms with Crippen molar-refractivity contribution in [1.82, 2.24) is 26.6 Å². The molecule has 2 amide bonds. The van der Waals surface area contributed by atoms with Crippen LogP contribution in [0.2, 0.25) is 19.6 Å². The summed E-state index contributed by atoms with van der Waals surface area (Å²) in [5.41, 5.74) is 20.9. The SMILES string of the molecule is C[Si](C)(C)C#CC(Cc1ccccc1)NC(=O)CN1NC=C(C(Cc2ccccc2)NC(=O)CN=[N+]=[N-])N1. The van der Waals surface area contributed by atoms with E-state index in [1.165, 1.54) is 0 Å². The lowest BCUT2D eigenvalue weighted by molar-refractivity contribution is -0.124. The minimum Gasteiger partial charge on any atom is -0.347 e. The quantitative estimate of drug-likeness (QED) is 0.117. The maximum Gasteiger partial charge on any atom is 0.239 e. The fourth-order valence-corrected chi connectivity index (χ4v) is 4.34. The Labute approximate surface area is 224 Å². The third-order valence-electron chi connectivity index (χ3n) is 5.45. The lowest BCUT2D eigenvalue weighted by atomic mass is 10.0. The van der Waals surface area contributed by atoms with E-state index >= 15 is 0 Å². The third kappa shape index (κ3) is 10.0. The summed E-state index contributed by atoms with van der Waals surface area (Å²) in [5, 5.41) is 10.8. The van der Waals surface area contributed by atoms with E-state index in [0.717, 1.165) is 11.1 Å². The molecule has 38 heavy (non-hydrogen) atoms. The highest BCUT2D eigenvalue weighted by molar-refractivity contribution is 6.83. The summed E-state index contributed by atoms with van der Waals surface area (Å²) in [6.45, 7) is 6.23. The number of azide groups is 1. The molecule has 3 rings (SSSR count). The molecular weight excluding hydrogens is 496 g/mol. The Hall–Kier alpha value is -4.23. The highest BCUT2D eigenvalue weighted by Crippen LogP contribution is 2.12. The normalized spacial score (nSPS) is 14.3. The number of benzene rings is 2. The molecule has 10 nitrogen and oxygen atoms in total. The summed E-state index contributed by atoms with van der Waals surface area (Å²) >= 11 is 0. The number of amides is 2. The lowest BCUT2D eigenvalue weighted by Crippen LogP contribution is -2.50. The summed E-state index contributed by atoms with van der Waals surface area (Å²) in [6, 6.07) is 18.9. The van der Waals surface area contributed by atoms with Crippen LogP contribution in [0.15, 0.2) is 77.7 Å². The van der Waals surface area contributed by atoms with Crippen molar-refractivity contribution in [3.63, 3.8) is 0 Å². The zero-order chi connectivity index (χ0) is 27.4. The first-order valence-corrected chi connectivity index (χ1v) is 15.9. The zero-order valence-corrected chi connectivity index (χ0v) is 22.9. The van der Waals surface area contributed by atoms with E-state index in [1.54, 1.807) is 11.3 Å². The summed E-state index contributed by atoms with van der Waals surface area (Å²) in [6.07, 6.45) is 2.83. The number of nitrogens with zero attached hydrogens (tertiary/aromatic N) is 4. The van der Waals surface area contributed by atoms with Crippen LogP contribution in [0, 0.1) is 11.5 Å². The van der Waals surface area contributed by atoms with Crippen molar-refractivity contribution >= 4 is 19.9 Å². The third-order valence-corrected chi connectivity index (χ3v) is 6.35. The largest absolute Gasteiger partial charge is 0.347 e. The second kappa shape index (κ2) is 13.9. The van der Waals surface area contributed by atoms with Crippen molar-refractivity contribution in [2.24, 2.45) is 5.11 Å². The summed E-state index contributed by atoms with van der Waals surface area (Å²) in [5.74, 6) is 2.69. The van der Waals surface area contributed by atoms with E-state index < -0.39 is 20.0 Å². The summed E-state index contributed by atoms with van der Waals surface area (Å²) in [7, 11) is -1.62. The molecule has 2 aromatic rings. The van der Waals surface area contributed by atoms with Gasteiger partial charge in [0.2, 0.25) is 11.8 Å². The standard InChI is InChI=1S/C27H34N8O2Si/c1-38(2,3)15-14-23(16-21-10-6-4-7-11-21)31-27(37)20-35-30-18-25(33-35)24(32-26(36)19-29-34-28)17-22-12-8-5-9-13-22/h4-13,18,23-24,30,33H,16-17,19-20H2,1-3H3,(H,31,37)(H,32,36). The van der Waals surface area contributed by atoms with Crippen molar-refractivity contribution in [3.8, 4) is 11.5 Å². The summed E-state index contributed by atoms with van der Waals surface area (Å²) in [4.78, 5) is 27.9. The van der Waals surface area contributed by atoms with Gasteiger partial charge in [-0.25, -0.2) is 0 Å². The van der Waals surface area contributed by atoms with Crippen molar-refractivity contribution in [2.45, 2.75) is 44.6 Å². The van der Waals surface area contributed by atoms with Crippen LogP contribution in [0.25, 0.3) is 10.4 Å². The van der Waals surface area contributed by atoms with Crippen LogP contribution in [0.4, 0.5) is 0 Å². The monoisotopic (exact) mass is 530 g/mol. The maximum atomic E-state index is 13.0. The minimum absolute atomic E-state index is 0.0185. The van der Waals surface area contributed by atoms with Gasteiger partial charge in [-0.15, -0.1) is 10.7 Å². The molecule has 0 radical (unpaired) electrons. The van der Waals surface area contributed by atoms with Gasteiger partial charge in [0.15, 0.2) is 0 Å². The average molecular weight is 531 g/mol. The molecule has 0 bridgehead atoms. The first-order valence-electron chi connectivity index (χ1n) is 12.4. The molecule has 198 valence electrons. The number of hydrazine groups is 2. The smallest absolute Gasteiger partial charge is 0.239 e. The van der Waals surface area contributed by atoms with E-state index in [9.17, 15) is 9.59 Å². The lowest BCUT2D eigenvalue weighted by Gasteiger charge is -2.23. The Morgan fingerprint density at radius 3 is 2.24 bits per heavy atom. The molecule has 11 heteroatoms. The van der Waals surface area contributed by atoms with E-state index in [4.69, 9.17) is 5.53 Å². The fourth-order valence-electron chi connectivity index (χ4n) is 3.73. The van der Waals surface area contributed by atoms with Gasteiger partial charge in [0, 0.05) is 17.5 Å². The Morgan fingerprint density at radius 2 is 1.63 bits per heavy atom. The highest BCUT2D eigenvalue weighted by Gasteiger charge is 2.25. The Bertz CT molecular complexity index is 1230. The zero-order valence-electron chi connectivity index (χ0n) is 21.9. The van der Waals surface area contributed by atoms with Gasteiger partial charge in [-0.3, -0.25) is 9.59 Å². The van der Waals surface area contributed by atoms with Gasteiger partial charge < -0.3 is 21.5 Å². The molecular formula is C27H34N8O2Si. The van der Waals surface area contributed by atoms with Crippen LogP contribution in [-0.2, 0) is 22.4 Å². The van der Waals surface area contributed by atoms with Crippen LogP contribution in [-0.4, -0.2) is 50.2 Å². The van der Waals surface area contributed by atoms with Crippen LogP contribution < -0.4 is 21.5 Å². The first-order chi connectivity index (χ1) is 18.2. The van der Waals surface area contributed by atoms with Crippen molar-refractivity contribution in [2.75, 3.05) is 13.1 Å². The molecule has 0 aromatic heterocycles. The van der Waals surface area contributed by atoms with Gasteiger partial charge in [-0.1, -0.05) is 91.3 Å². The molecule has 0 fully saturated rings. The van der Waals surface area contributed by atoms with Crippen molar-refractivity contribution in [3.05, 3.63) is 94.1 Å². The average Bonchev–Trinajstić information content (AvgIpc) is 3.34. The molecule has 4 N–H and O–H groups in total. The van der Waals surface area contributed by atoms with Gasteiger partial charge in [-0.2, -0.15) is 0 Å². The van der Waals surface area contributed by atoms with Crippen molar-refractivity contribution in [1.29, 1.82) is 0 Å². The van der Waals surface area contributed by atoms with E-state index in [2.05, 4.69) is 62.6 Å². The molecule has 2 aromatic carbocycles. The fraction of sp³-hybridized carbons (Fsp3) is 0.333. The molecule has 0 saturated carbocycles. The number of nitrogens with one attached hydrogen (secondary N) is 4. The second-order valence-corrected chi connectivity index (χ2v) is 14.7. The van der Waals surface area contributed by atoms with E-state index in [-0.39, 0.29) is 25.0 Å². The minimum atomic E-state index is -1.62. The molecule has 2 unspecified atom stereocenters. The van der Waals surface area contributed by atoms with Gasteiger partial charge in [-0.05, 0) is 23.1 Å². The number of hydrogen-bond donors (Lipinski definition) is 4. The first kappa shape index (κ1) is 28.3.